The van der Waals surface area contributed by atoms with Gasteiger partial charge in [0.1, 0.15) is 4.90 Å². The number of benzene rings is 1. The van der Waals surface area contributed by atoms with Gasteiger partial charge in [-0.1, -0.05) is 24.4 Å². The first-order valence-corrected chi connectivity index (χ1v) is 7.88. The van der Waals surface area contributed by atoms with Crippen molar-refractivity contribution in [1.29, 1.82) is 0 Å². The number of hydrogen-bond donors (Lipinski definition) is 1. The number of hydrogen-bond acceptors (Lipinski definition) is 3. The quantitative estimate of drug-likeness (QED) is 0.873. The minimum absolute atomic E-state index is 0.0791. The van der Waals surface area contributed by atoms with Gasteiger partial charge in [0, 0.05) is 18.8 Å². The predicted molar refractivity (Wildman–Crippen MR) is 73.0 cm³/mol. The normalized spacial score (nSPS) is 17.3. The highest BCUT2D eigenvalue weighted by atomic mass is 35.5. The molecular formula is C12H16ClFN2O2S. The van der Waals surface area contributed by atoms with E-state index in [1.165, 1.54) is 17.4 Å². The lowest BCUT2D eigenvalue weighted by molar-refractivity contribution is 0.371. The zero-order chi connectivity index (χ0) is 14.2. The molecule has 0 amide bonds. The van der Waals surface area contributed by atoms with Crippen LogP contribution in [0.1, 0.15) is 25.7 Å². The Labute approximate surface area is 117 Å². The molecule has 0 radical (unpaired) electrons. The minimum Gasteiger partial charge on any atom is -0.399 e. The predicted octanol–water partition coefficient (Wildman–Crippen LogP) is 2.62. The number of nitrogens with two attached hydrogens (primary N) is 1. The molecule has 7 heteroatoms. The lowest BCUT2D eigenvalue weighted by Crippen LogP contribution is -2.35. The van der Waals surface area contributed by atoms with Crippen LogP contribution in [0.3, 0.4) is 0 Å². The summed E-state index contributed by atoms with van der Waals surface area (Å²) >= 11 is 5.65. The molecular weight excluding hydrogens is 291 g/mol. The third-order valence-electron chi connectivity index (χ3n) is 3.51. The van der Waals surface area contributed by atoms with Gasteiger partial charge in [-0.15, -0.1) is 0 Å². The van der Waals surface area contributed by atoms with Crippen LogP contribution in [0.2, 0.25) is 5.02 Å². The fourth-order valence-electron chi connectivity index (χ4n) is 2.39. The van der Waals surface area contributed by atoms with Crippen LogP contribution in [0.4, 0.5) is 10.1 Å². The molecule has 0 spiro atoms. The first-order valence-electron chi connectivity index (χ1n) is 6.06. The van der Waals surface area contributed by atoms with Gasteiger partial charge in [-0.05, 0) is 25.0 Å². The van der Waals surface area contributed by atoms with Gasteiger partial charge in [0.25, 0.3) is 0 Å². The monoisotopic (exact) mass is 306 g/mol. The van der Waals surface area contributed by atoms with Gasteiger partial charge in [0.05, 0.1) is 5.02 Å². The third-order valence-corrected chi connectivity index (χ3v) is 5.70. The molecule has 0 atom stereocenters. The summed E-state index contributed by atoms with van der Waals surface area (Å²) in [7, 11) is -2.43. The van der Waals surface area contributed by atoms with E-state index in [0.717, 1.165) is 31.7 Å². The Morgan fingerprint density at radius 2 is 1.95 bits per heavy atom. The van der Waals surface area contributed by atoms with E-state index in [4.69, 9.17) is 17.3 Å². The Morgan fingerprint density at radius 3 is 2.53 bits per heavy atom. The lowest BCUT2D eigenvalue weighted by atomic mass is 10.3. The molecule has 0 aromatic heterocycles. The van der Waals surface area contributed by atoms with Crippen molar-refractivity contribution in [3.05, 3.63) is 23.0 Å². The Bertz CT molecular complexity index is 586. The number of nitrogens with zero attached hydrogens (tertiary/aromatic N) is 1. The van der Waals surface area contributed by atoms with E-state index in [-0.39, 0.29) is 16.8 Å². The number of sulfonamides is 1. The molecule has 1 aromatic rings. The Balaban J connectivity index is 2.44. The molecule has 0 aliphatic heterocycles. The molecule has 2 rings (SSSR count). The van der Waals surface area contributed by atoms with E-state index < -0.39 is 20.7 Å². The summed E-state index contributed by atoms with van der Waals surface area (Å²) in [5.41, 5.74) is 5.67. The molecule has 106 valence electrons. The molecule has 1 fully saturated rings. The molecule has 1 aromatic carbocycles. The van der Waals surface area contributed by atoms with E-state index in [2.05, 4.69) is 0 Å². The minimum atomic E-state index is -3.90. The lowest BCUT2D eigenvalue weighted by Gasteiger charge is -2.24. The summed E-state index contributed by atoms with van der Waals surface area (Å²) in [5.74, 6) is -0.944. The smallest absolute Gasteiger partial charge is 0.246 e. The highest BCUT2D eigenvalue weighted by Crippen LogP contribution is 2.31. The molecule has 0 unspecified atom stereocenters. The zero-order valence-corrected chi connectivity index (χ0v) is 12.1. The fraction of sp³-hybridized carbons (Fsp3) is 0.500. The van der Waals surface area contributed by atoms with Gasteiger partial charge in [-0.25, -0.2) is 12.8 Å². The molecule has 1 aliphatic rings. The van der Waals surface area contributed by atoms with Crippen LogP contribution < -0.4 is 5.73 Å². The van der Waals surface area contributed by atoms with Crippen LogP contribution in [-0.2, 0) is 10.0 Å². The van der Waals surface area contributed by atoms with Gasteiger partial charge in [0.15, 0.2) is 5.82 Å². The second-order valence-corrected chi connectivity index (χ2v) is 7.15. The fourth-order valence-corrected chi connectivity index (χ4v) is 4.21. The Hall–Kier alpha value is -0.850. The van der Waals surface area contributed by atoms with Gasteiger partial charge in [0.2, 0.25) is 10.0 Å². The number of halogens is 2. The topological polar surface area (TPSA) is 63.4 Å². The van der Waals surface area contributed by atoms with Crippen molar-refractivity contribution >= 4 is 27.3 Å². The van der Waals surface area contributed by atoms with E-state index in [0.29, 0.717) is 0 Å². The molecule has 2 N–H and O–H groups in total. The van der Waals surface area contributed by atoms with Crippen molar-refractivity contribution < 1.29 is 12.8 Å². The van der Waals surface area contributed by atoms with E-state index in [9.17, 15) is 12.8 Å². The van der Waals surface area contributed by atoms with Crippen LogP contribution in [0.15, 0.2) is 17.0 Å². The summed E-state index contributed by atoms with van der Waals surface area (Å²) in [4.78, 5) is -0.452. The maximum atomic E-state index is 13.9. The van der Waals surface area contributed by atoms with Crippen LogP contribution in [-0.4, -0.2) is 25.8 Å². The summed E-state index contributed by atoms with van der Waals surface area (Å²) in [6.07, 6.45) is 3.58. The summed E-state index contributed by atoms with van der Waals surface area (Å²) in [6.45, 7) is 0. The summed E-state index contributed by atoms with van der Waals surface area (Å²) < 4.78 is 40.0. The van der Waals surface area contributed by atoms with Crippen molar-refractivity contribution in [2.75, 3.05) is 12.8 Å². The van der Waals surface area contributed by atoms with Crippen molar-refractivity contribution in [3.8, 4) is 0 Å². The SMILES string of the molecule is CN(C1CCCC1)S(=O)(=O)c1cc(N)cc(Cl)c1F. The molecule has 19 heavy (non-hydrogen) atoms. The number of anilines is 1. The molecule has 0 bridgehead atoms. The van der Waals surface area contributed by atoms with E-state index in [1.807, 2.05) is 0 Å². The largest absolute Gasteiger partial charge is 0.399 e. The molecule has 1 aliphatic carbocycles. The average Bonchev–Trinajstić information content (AvgIpc) is 2.86. The van der Waals surface area contributed by atoms with Crippen LogP contribution in [0.5, 0.6) is 0 Å². The van der Waals surface area contributed by atoms with Crippen molar-refractivity contribution in [2.45, 2.75) is 36.6 Å². The molecule has 4 nitrogen and oxygen atoms in total. The molecule has 0 heterocycles. The summed E-state index contributed by atoms with van der Waals surface area (Å²) in [5, 5.41) is -0.279. The van der Waals surface area contributed by atoms with Crippen LogP contribution in [0, 0.1) is 5.82 Å². The van der Waals surface area contributed by atoms with Gasteiger partial charge in [-0.3, -0.25) is 0 Å². The number of nitrogen functional groups attached to an aromatic ring is 1. The van der Waals surface area contributed by atoms with Gasteiger partial charge < -0.3 is 5.73 Å². The van der Waals surface area contributed by atoms with Crippen LogP contribution in [0.25, 0.3) is 0 Å². The van der Waals surface area contributed by atoms with Gasteiger partial charge in [-0.2, -0.15) is 4.31 Å². The standard InChI is InChI=1S/C12H16ClFN2O2S/c1-16(9-4-2-3-5-9)19(17,18)11-7-8(15)6-10(13)12(11)14/h6-7,9H,2-5,15H2,1H3. The molecule has 1 saturated carbocycles. The number of rotatable bonds is 3. The average molecular weight is 307 g/mol. The van der Waals surface area contributed by atoms with Gasteiger partial charge >= 0.3 is 0 Å². The zero-order valence-electron chi connectivity index (χ0n) is 10.6. The second kappa shape index (κ2) is 5.26. The van der Waals surface area contributed by atoms with Crippen LogP contribution >= 0.6 is 11.6 Å². The first-order chi connectivity index (χ1) is 8.84. The molecule has 0 saturated heterocycles. The highest BCUT2D eigenvalue weighted by molar-refractivity contribution is 7.89. The Morgan fingerprint density at radius 1 is 1.37 bits per heavy atom. The van der Waals surface area contributed by atoms with Crippen molar-refractivity contribution in [1.82, 2.24) is 4.31 Å². The first kappa shape index (κ1) is 14.6. The highest BCUT2D eigenvalue weighted by Gasteiger charge is 2.32. The Kier molecular flexibility index (Phi) is 4.03. The van der Waals surface area contributed by atoms with Crippen molar-refractivity contribution in [2.24, 2.45) is 0 Å². The third kappa shape index (κ3) is 2.70. The summed E-state index contributed by atoms with van der Waals surface area (Å²) in [6, 6.07) is 2.23. The maximum Gasteiger partial charge on any atom is 0.246 e. The van der Waals surface area contributed by atoms with Crippen molar-refractivity contribution in [3.63, 3.8) is 0 Å². The van der Waals surface area contributed by atoms with E-state index >= 15 is 0 Å². The van der Waals surface area contributed by atoms with E-state index in [1.54, 1.807) is 0 Å². The maximum absolute atomic E-state index is 13.9. The second-order valence-electron chi connectivity index (χ2n) is 4.77.